The van der Waals surface area contributed by atoms with Gasteiger partial charge in [0.2, 0.25) is 10.9 Å². The summed E-state index contributed by atoms with van der Waals surface area (Å²) in [6, 6.07) is 19.7. The van der Waals surface area contributed by atoms with Gasteiger partial charge in [-0.2, -0.15) is 9.50 Å². The molecule has 11 heteroatoms. The average molecular weight is 576 g/mol. The van der Waals surface area contributed by atoms with Crippen LogP contribution in [-0.4, -0.2) is 33.0 Å². The number of nitrogens with zero attached hydrogens (tertiary/aromatic N) is 4. The Hall–Kier alpha value is -4.22. The van der Waals surface area contributed by atoms with Gasteiger partial charge < -0.3 is 5.32 Å². The molecule has 6 rings (SSSR count). The molecule has 182 valence electrons. The van der Waals surface area contributed by atoms with Crippen molar-refractivity contribution in [1.29, 1.82) is 0 Å². The number of rotatable bonds is 4. The van der Waals surface area contributed by atoms with Crippen molar-refractivity contribution in [2.75, 3.05) is 16.8 Å². The molecule has 0 saturated carbocycles. The van der Waals surface area contributed by atoms with Gasteiger partial charge in [-0.25, -0.2) is 4.39 Å². The molecular weight excluding hydrogens is 561 g/mol. The summed E-state index contributed by atoms with van der Waals surface area (Å²) in [7, 11) is 0. The smallest absolute Gasteiger partial charge is 0.291 e. The van der Waals surface area contributed by atoms with E-state index in [2.05, 4.69) is 31.3 Å². The van der Waals surface area contributed by atoms with Gasteiger partial charge in [-0.1, -0.05) is 57.6 Å². The van der Waals surface area contributed by atoms with Crippen LogP contribution in [-0.2, 0) is 9.59 Å². The van der Waals surface area contributed by atoms with E-state index < -0.39 is 23.2 Å². The molecule has 1 N–H and O–H groups in total. The highest BCUT2D eigenvalue weighted by Crippen LogP contribution is 2.35. The topological polar surface area (TPSA) is 96.7 Å². The number of benzene rings is 3. The van der Waals surface area contributed by atoms with Crippen LogP contribution in [0.4, 0.5) is 15.8 Å². The maximum Gasteiger partial charge on any atom is 0.291 e. The van der Waals surface area contributed by atoms with Crippen LogP contribution < -0.4 is 20.3 Å². The van der Waals surface area contributed by atoms with Gasteiger partial charge in [-0.15, -0.1) is 5.10 Å². The zero-order chi connectivity index (χ0) is 25.7. The molecule has 8 nitrogen and oxygen atoms in total. The van der Waals surface area contributed by atoms with Crippen LogP contribution in [0.3, 0.4) is 0 Å². The summed E-state index contributed by atoms with van der Waals surface area (Å²) in [6.07, 6.45) is 0. The van der Waals surface area contributed by atoms with Gasteiger partial charge in [0, 0.05) is 21.3 Å². The van der Waals surface area contributed by atoms with E-state index in [0.29, 0.717) is 27.7 Å². The SMILES string of the molecule is O=C(CN1C(=O)/C(=c2\sc3nc(-c4ccc(Br)cc4)nn3c2=O)c2ccccc21)Nc1ccc(F)cc1. The van der Waals surface area contributed by atoms with Gasteiger partial charge in [0.05, 0.1) is 11.3 Å². The van der Waals surface area contributed by atoms with Crippen molar-refractivity contribution in [2.24, 2.45) is 0 Å². The minimum atomic E-state index is -0.467. The Bertz CT molecular complexity index is 1820. The number of hydrogen-bond donors (Lipinski definition) is 1. The first-order chi connectivity index (χ1) is 17.9. The van der Waals surface area contributed by atoms with Crippen LogP contribution in [0, 0.1) is 5.82 Å². The van der Waals surface area contributed by atoms with Crippen molar-refractivity contribution in [2.45, 2.75) is 0 Å². The first kappa shape index (κ1) is 23.2. The lowest BCUT2D eigenvalue weighted by atomic mass is 10.1. The second-order valence-electron chi connectivity index (χ2n) is 8.21. The van der Waals surface area contributed by atoms with E-state index in [1.807, 2.05) is 24.3 Å². The number of amides is 2. The summed E-state index contributed by atoms with van der Waals surface area (Å²) in [4.78, 5) is 45.8. The molecule has 0 bridgehead atoms. The van der Waals surface area contributed by atoms with Crippen molar-refractivity contribution < 1.29 is 14.0 Å². The Morgan fingerprint density at radius 2 is 1.73 bits per heavy atom. The van der Waals surface area contributed by atoms with Gasteiger partial charge in [-0.3, -0.25) is 19.3 Å². The van der Waals surface area contributed by atoms with Gasteiger partial charge in [0.15, 0.2) is 5.82 Å². The highest BCUT2D eigenvalue weighted by atomic mass is 79.9. The standard InChI is InChI=1S/C26H15BrFN5O3S/c27-15-7-5-14(6-8-15)23-30-26-33(31-23)25(36)22(37-26)21-18-3-1-2-4-19(18)32(24(21)35)13-20(34)29-17-11-9-16(28)10-12-17/h1-12H,13H2,(H,29,34)/b22-21-. The number of hydrogen-bond acceptors (Lipinski definition) is 6. The van der Waals surface area contributed by atoms with E-state index in [-0.39, 0.29) is 16.7 Å². The summed E-state index contributed by atoms with van der Waals surface area (Å²) >= 11 is 4.47. The maximum atomic E-state index is 13.5. The fraction of sp³-hybridized carbons (Fsp3) is 0.0385. The number of nitrogens with one attached hydrogen (secondary N) is 1. The van der Waals surface area contributed by atoms with E-state index in [9.17, 15) is 18.8 Å². The molecule has 37 heavy (non-hydrogen) atoms. The number of anilines is 2. The number of fused-ring (bicyclic) bond motifs is 2. The highest BCUT2D eigenvalue weighted by Gasteiger charge is 2.35. The lowest BCUT2D eigenvalue weighted by Crippen LogP contribution is -2.37. The normalized spacial score (nSPS) is 14.3. The van der Waals surface area contributed by atoms with Crippen molar-refractivity contribution in [3.05, 3.63) is 104 Å². The molecule has 3 heterocycles. The molecule has 3 aromatic carbocycles. The second kappa shape index (κ2) is 9.02. The van der Waals surface area contributed by atoms with Crippen LogP contribution in [0.1, 0.15) is 5.56 Å². The maximum absolute atomic E-state index is 13.5. The second-order valence-corrected chi connectivity index (χ2v) is 10.1. The predicted molar refractivity (Wildman–Crippen MR) is 142 cm³/mol. The fourth-order valence-corrected chi connectivity index (χ4v) is 5.40. The van der Waals surface area contributed by atoms with E-state index in [1.165, 1.54) is 33.7 Å². The van der Waals surface area contributed by atoms with E-state index in [4.69, 9.17) is 0 Å². The Balaban J connectivity index is 1.38. The summed E-state index contributed by atoms with van der Waals surface area (Å²) in [5.74, 6) is -0.940. The first-order valence-electron chi connectivity index (χ1n) is 11.1. The van der Waals surface area contributed by atoms with E-state index in [0.717, 1.165) is 21.4 Å². The molecule has 0 atom stereocenters. The average Bonchev–Trinajstić information content (AvgIpc) is 3.52. The molecule has 1 aliphatic rings. The zero-order valence-electron chi connectivity index (χ0n) is 18.8. The molecule has 5 aromatic rings. The van der Waals surface area contributed by atoms with E-state index in [1.54, 1.807) is 24.3 Å². The molecule has 0 saturated heterocycles. The number of para-hydroxylation sites is 1. The quantitative estimate of drug-likeness (QED) is 0.353. The first-order valence-corrected chi connectivity index (χ1v) is 12.7. The Labute approximate surface area is 220 Å². The Morgan fingerprint density at radius 1 is 1.00 bits per heavy atom. The minimum Gasteiger partial charge on any atom is -0.325 e. The zero-order valence-corrected chi connectivity index (χ0v) is 21.2. The van der Waals surface area contributed by atoms with Crippen LogP contribution in [0.2, 0.25) is 0 Å². The van der Waals surface area contributed by atoms with Crippen LogP contribution >= 0.6 is 27.3 Å². The fourth-order valence-electron chi connectivity index (χ4n) is 4.14. The molecule has 0 unspecified atom stereocenters. The lowest BCUT2D eigenvalue weighted by Gasteiger charge is -2.16. The molecule has 0 fully saturated rings. The monoisotopic (exact) mass is 575 g/mol. The van der Waals surface area contributed by atoms with Gasteiger partial charge in [0.25, 0.3) is 11.5 Å². The van der Waals surface area contributed by atoms with Gasteiger partial charge in [-0.05, 0) is 42.5 Å². The number of halogens is 2. The van der Waals surface area contributed by atoms with Crippen molar-refractivity contribution in [3.63, 3.8) is 0 Å². The third-order valence-electron chi connectivity index (χ3n) is 5.84. The summed E-state index contributed by atoms with van der Waals surface area (Å²) in [6.45, 7) is -0.278. The summed E-state index contributed by atoms with van der Waals surface area (Å²) in [5, 5.41) is 7.03. The Morgan fingerprint density at radius 3 is 2.46 bits per heavy atom. The van der Waals surface area contributed by atoms with Crippen molar-refractivity contribution in [1.82, 2.24) is 14.6 Å². The highest BCUT2D eigenvalue weighted by molar-refractivity contribution is 9.10. The molecule has 0 spiro atoms. The van der Waals surface area contributed by atoms with Gasteiger partial charge >= 0.3 is 0 Å². The van der Waals surface area contributed by atoms with Crippen LogP contribution in [0.5, 0.6) is 0 Å². The van der Waals surface area contributed by atoms with Crippen LogP contribution in [0.25, 0.3) is 21.9 Å². The predicted octanol–water partition coefficient (Wildman–Crippen LogP) is 3.62. The number of carbonyl (C=O) groups is 2. The molecule has 2 amide bonds. The number of thiazole rings is 1. The number of aromatic nitrogens is 3. The third kappa shape index (κ3) is 4.11. The molecule has 2 aromatic heterocycles. The molecule has 0 aliphatic carbocycles. The molecule has 1 aliphatic heterocycles. The van der Waals surface area contributed by atoms with Crippen LogP contribution in [0.15, 0.2) is 82.1 Å². The van der Waals surface area contributed by atoms with Crippen molar-refractivity contribution >= 4 is 61.0 Å². The lowest BCUT2D eigenvalue weighted by molar-refractivity contribution is -0.118. The molecular formula is C26H15BrFN5O3S. The minimum absolute atomic E-state index is 0.205. The Kier molecular flexibility index (Phi) is 5.65. The summed E-state index contributed by atoms with van der Waals surface area (Å²) in [5.41, 5.74) is 1.99. The van der Waals surface area contributed by atoms with Crippen molar-refractivity contribution in [3.8, 4) is 11.4 Å². The third-order valence-corrected chi connectivity index (χ3v) is 7.40. The summed E-state index contributed by atoms with van der Waals surface area (Å²) < 4.78 is 15.5. The van der Waals surface area contributed by atoms with E-state index >= 15 is 0 Å². The number of carbonyl (C=O) groups excluding carboxylic acids is 2. The van der Waals surface area contributed by atoms with Gasteiger partial charge in [0.1, 0.15) is 16.9 Å². The molecule has 0 radical (unpaired) electrons. The largest absolute Gasteiger partial charge is 0.325 e.